The molecule has 21 heavy (non-hydrogen) atoms. The average Bonchev–Trinajstić information content (AvgIpc) is 2.78. The van der Waals surface area contributed by atoms with Crippen LogP contribution in [0.3, 0.4) is 0 Å². The molecule has 5 nitrogen and oxygen atoms in total. The Morgan fingerprint density at radius 1 is 1.38 bits per heavy atom. The highest BCUT2D eigenvalue weighted by Crippen LogP contribution is 2.26. The maximum Gasteiger partial charge on any atom is 0.243 e. The van der Waals surface area contributed by atoms with Gasteiger partial charge in [0.25, 0.3) is 0 Å². The Hall–Kier alpha value is -1.40. The number of amides is 2. The van der Waals surface area contributed by atoms with Crippen molar-refractivity contribution in [2.75, 3.05) is 25.0 Å². The molecule has 1 aromatic carbocycles. The van der Waals surface area contributed by atoms with Gasteiger partial charge in [-0.05, 0) is 43.7 Å². The standard InChI is InChI=1S/C15H18BrN3O2/c16-10-3-5-11(6-4-10)18-14(20)9-19-8-13-12(15(19)21)2-1-7-17-13/h3-6,12-13,17H,1-2,7-9H2,(H,18,20). The van der Waals surface area contributed by atoms with E-state index in [-0.39, 0.29) is 30.3 Å². The lowest BCUT2D eigenvalue weighted by Crippen LogP contribution is -2.41. The van der Waals surface area contributed by atoms with Crippen LogP contribution in [0.25, 0.3) is 0 Å². The van der Waals surface area contributed by atoms with Crippen LogP contribution in [0.4, 0.5) is 5.69 Å². The predicted octanol–water partition coefficient (Wildman–Crippen LogP) is 1.60. The summed E-state index contributed by atoms with van der Waals surface area (Å²) in [6, 6.07) is 7.61. The molecule has 3 rings (SSSR count). The van der Waals surface area contributed by atoms with Gasteiger partial charge in [0.1, 0.15) is 0 Å². The number of halogens is 1. The van der Waals surface area contributed by atoms with E-state index in [2.05, 4.69) is 26.6 Å². The van der Waals surface area contributed by atoms with Crippen LogP contribution in [0.1, 0.15) is 12.8 Å². The maximum absolute atomic E-state index is 12.3. The van der Waals surface area contributed by atoms with Crippen molar-refractivity contribution in [3.05, 3.63) is 28.7 Å². The Bertz CT molecular complexity index is 546. The summed E-state index contributed by atoms with van der Waals surface area (Å²) < 4.78 is 0.963. The second-order valence-corrected chi connectivity index (χ2v) is 6.50. The number of likely N-dealkylation sites (tertiary alicyclic amines) is 1. The Morgan fingerprint density at radius 3 is 2.86 bits per heavy atom. The fraction of sp³-hybridized carbons (Fsp3) is 0.467. The molecule has 0 aliphatic carbocycles. The van der Waals surface area contributed by atoms with Gasteiger partial charge in [-0.15, -0.1) is 0 Å². The quantitative estimate of drug-likeness (QED) is 0.869. The van der Waals surface area contributed by atoms with Crippen LogP contribution in [-0.4, -0.2) is 42.4 Å². The molecule has 0 bridgehead atoms. The minimum atomic E-state index is -0.149. The number of nitrogens with one attached hydrogen (secondary N) is 2. The Kier molecular flexibility index (Phi) is 4.26. The van der Waals surface area contributed by atoms with Crippen molar-refractivity contribution in [3.8, 4) is 0 Å². The molecule has 0 radical (unpaired) electrons. The number of carbonyl (C=O) groups excluding carboxylic acids is 2. The van der Waals surface area contributed by atoms with E-state index < -0.39 is 0 Å². The van der Waals surface area contributed by atoms with Crippen LogP contribution < -0.4 is 10.6 Å². The predicted molar refractivity (Wildman–Crippen MR) is 83.9 cm³/mol. The fourth-order valence-electron chi connectivity index (χ4n) is 3.05. The average molecular weight is 352 g/mol. The van der Waals surface area contributed by atoms with Gasteiger partial charge in [0.05, 0.1) is 12.5 Å². The molecule has 112 valence electrons. The van der Waals surface area contributed by atoms with Crippen LogP contribution in [0, 0.1) is 5.92 Å². The van der Waals surface area contributed by atoms with Crippen molar-refractivity contribution in [2.24, 2.45) is 5.92 Å². The van der Waals surface area contributed by atoms with Crippen LogP contribution >= 0.6 is 15.9 Å². The zero-order chi connectivity index (χ0) is 14.8. The van der Waals surface area contributed by atoms with Gasteiger partial charge >= 0.3 is 0 Å². The molecule has 2 aliphatic heterocycles. The first-order chi connectivity index (χ1) is 10.1. The molecule has 2 unspecified atom stereocenters. The van der Waals surface area contributed by atoms with E-state index in [1.54, 1.807) is 4.90 Å². The molecule has 6 heteroatoms. The van der Waals surface area contributed by atoms with E-state index in [4.69, 9.17) is 0 Å². The Morgan fingerprint density at radius 2 is 2.14 bits per heavy atom. The van der Waals surface area contributed by atoms with Gasteiger partial charge in [-0.1, -0.05) is 15.9 Å². The Balaban J connectivity index is 1.57. The number of rotatable bonds is 3. The molecule has 2 heterocycles. The summed E-state index contributed by atoms with van der Waals surface area (Å²) in [6.07, 6.45) is 1.97. The van der Waals surface area contributed by atoms with Crippen molar-refractivity contribution in [1.82, 2.24) is 10.2 Å². The smallest absolute Gasteiger partial charge is 0.243 e. The van der Waals surface area contributed by atoms with Crippen molar-refractivity contribution in [3.63, 3.8) is 0 Å². The van der Waals surface area contributed by atoms with Crippen molar-refractivity contribution in [1.29, 1.82) is 0 Å². The molecular formula is C15H18BrN3O2. The number of hydrogen-bond donors (Lipinski definition) is 2. The summed E-state index contributed by atoms with van der Waals surface area (Å²) in [5.74, 6) is 0.0155. The first-order valence-corrected chi connectivity index (χ1v) is 8.00. The molecule has 2 atom stereocenters. The number of nitrogens with zero attached hydrogens (tertiary/aromatic N) is 1. The lowest BCUT2D eigenvalue weighted by atomic mass is 9.94. The van der Waals surface area contributed by atoms with Gasteiger partial charge in [-0.25, -0.2) is 0 Å². The van der Waals surface area contributed by atoms with E-state index in [9.17, 15) is 9.59 Å². The zero-order valence-electron chi connectivity index (χ0n) is 11.6. The molecule has 0 saturated carbocycles. The highest BCUT2D eigenvalue weighted by Gasteiger charge is 2.41. The van der Waals surface area contributed by atoms with Crippen molar-refractivity contribution in [2.45, 2.75) is 18.9 Å². The van der Waals surface area contributed by atoms with E-state index in [0.29, 0.717) is 6.54 Å². The third kappa shape index (κ3) is 3.27. The monoisotopic (exact) mass is 351 g/mol. The van der Waals surface area contributed by atoms with Crippen LogP contribution in [0.5, 0.6) is 0 Å². The fourth-order valence-corrected chi connectivity index (χ4v) is 3.32. The second-order valence-electron chi connectivity index (χ2n) is 5.58. The van der Waals surface area contributed by atoms with E-state index in [1.807, 2.05) is 24.3 Å². The van der Waals surface area contributed by atoms with Gasteiger partial charge in [0.15, 0.2) is 0 Å². The highest BCUT2D eigenvalue weighted by atomic mass is 79.9. The largest absolute Gasteiger partial charge is 0.331 e. The molecule has 2 aliphatic rings. The number of fused-ring (bicyclic) bond motifs is 1. The number of benzene rings is 1. The van der Waals surface area contributed by atoms with Gasteiger partial charge in [0.2, 0.25) is 11.8 Å². The summed E-state index contributed by atoms with van der Waals surface area (Å²) in [6.45, 7) is 1.73. The zero-order valence-corrected chi connectivity index (χ0v) is 13.2. The Labute approximate surface area is 132 Å². The lowest BCUT2D eigenvalue weighted by Gasteiger charge is -2.23. The van der Waals surface area contributed by atoms with Gasteiger partial charge in [-0.3, -0.25) is 9.59 Å². The molecular weight excluding hydrogens is 334 g/mol. The first kappa shape index (κ1) is 14.5. The molecule has 2 amide bonds. The van der Waals surface area contributed by atoms with Crippen LogP contribution in [-0.2, 0) is 9.59 Å². The lowest BCUT2D eigenvalue weighted by molar-refractivity contribution is -0.134. The van der Waals surface area contributed by atoms with Crippen LogP contribution in [0.15, 0.2) is 28.7 Å². The van der Waals surface area contributed by atoms with Gasteiger partial charge in [0, 0.05) is 22.7 Å². The van der Waals surface area contributed by atoms with Crippen molar-refractivity contribution >= 4 is 33.4 Å². The van der Waals surface area contributed by atoms with E-state index >= 15 is 0 Å². The third-order valence-electron chi connectivity index (χ3n) is 4.09. The summed E-state index contributed by atoms with van der Waals surface area (Å²) >= 11 is 3.35. The molecule has 2 fully saturated rings. The maximum atomic E-state index is 12.3. The van der Waals surface area contributed by atoms with E-state index in [1.165, 1.54) is 0 Å². The minimum absolute atomic E-state index is 0.0548. The number of piperidine rings is 1. The first-order valence-electron chi connectivity index (χ1n) is 7.21. The normalized spacial score (nSPS) is 24.8. The van der Waals surface area contributed by atoms with Crippen molar-refractivity contribution < 1.29 is 9.59 Å². The number of hydrogen-bond acceptors (Lipinski definition) is 3. The molecule has 2 N–H and O–H groups in total. The summed E-state index contributed by atoms with van der Waals surface area (Å²) in [5, 5.41) is 6.20. The molecule has 0 spiro atoms. The number of anilines is 1. The van der Waals surface area contributed by atoms with Gasteiger partial charge < -0.3 is 15.5 Å². The molecule has 1 aromatic rings. The number of carbonyl (C=O) groups is 2. The second kappa shape index (κ2) is 6.15. The molecule has 0 aromatic heterocycles. The molecule has 2 saturated heterocycles. The summed E-state index contributed by atoms with van der Waals surface area (Å²) in [5.41, 5.74) is 0.741. The van der Waals surface area contributed by atoms with E-state index in [0.717, 1.165) is 29.5 Å². The van der Waals surface area contributed by atoms with Crippen LogP contribution in [0.2, 0.25) is 0 Å². The SMILES string of the molecule is O=C(CN1CC2NCCCC2C1=O)Nc1ccc(Br)cc1. The minimum Gasteiger partial charge on any atom is -0.331 e. The van der Waals surface area contributed by atoms with Gasteiger partial charge in [-0.2, -0.15) is 0 Å². The summed E-state index contributed by atoms with van der Waals surface area (Å²) in [7, 11) is 0. The highest BCUT2D eigenvalue weighted by molar-refractivity contribution is 9.10. The topological polar surface area (TPSA) is 61.4 Å². The third-order valence-corrected chi connectivity index (χ3v) is 4.62. The summed E-state index contributed by atoms with van der Waals surface area (Å²) in [4.78, 5) is 26.0.